The molecule has 3 aromatic carbocycles. The Balaban J connectivity index is 1.37. The van der Waals surface area contributed by atoms with Crippen LogP contribution in [0.3, 0.4) is 0 Å². The Kier molecular flexibility index (Phi) is 6.40. The molecule has 0 radical (unpaired) electrons. The van der Waals surface area contributed by atoms with Crippen LogP contribution in [0.1, 0.15) is 63.6 Å². The van der Waals surface area contributed by atoms with Crippen LogP contribution in [0.5, 0.6) is 0 Å². The van der Waals surface area contributed by atoms with Crippen LogP contribution >= 0.6 is 11.6 Å². The van der Waals surface area contributed by atoms with Crippen molar-refractivity contribution in [3.8, 4) is 0 Å². The topological polar surface area (TPSA) is 61.4 Å². The van der Waals surface area contributed by atoms with Gasteiger partial charge in [-0.05, 0) is 74.1 Å². The van der Waals surface area contributed by atoms with E-state index in [1.807, 2.05) is 48.2 Å². The zero-order chi connectivity index (χ0) is 23.7. The van der Waals surface area contributed by atoms with E-state index in [0.717, 1.165) is 24.1 Å². The third kappa shape index (κ3) is 4.72. The zero-order valence-electron chi connectivity index (χ0n) is 19.2. The molecule has 5 rings (SSSR count). The van der Waals surface area contributed by atoms with Crippen molar-refractivity contribution in [2.24, 2.45) is 0 Å². The summed E-state index contributed by atoms with van der Waals surface area (Å²) in [6.07, 6.45) is 4.36. The number of halogens is 1. The number of para-hydroxylation sites is 1. The highest BCUT2D eigenvalue weighted by atomic mass is 35.5. The van der Waals surface area contributed by atoms with Gasteiger partial charge in [0.15, 0.2) is 0 Å². The van der Waals surface area contributed by atoms with Gasteiger partial charge in [0.1, 0.15) is 0 Å². The second-order valence-electron chi connectivity index (χ2n) is 9.12. The summed E-state index contributed by atoms with van der Waals surface area (Å²) in [7, 11) is 0. The average Bonchev–Trinajstić information content (AvgIpc) is 3.67. The standard InChI is InChI=1S/C28H28ClN3O2/c1-18-7-2-3-8-21(18)27(33)31-20-14-15-22(24(29)17-20)28(34)32-16-6-10-25(30-19-12-13-19)23-9-4-5-11-26(23)32/h2-5,7-9,11,14-15,17,19,25,30H,6,10,12-13,16H2,1H3,(H,31,33). The van der Waals surface area contributed by atoms with Crippen molar-refractivity contribution in [1.29, 1.82) is 0 Å². The Morgan fingerprint density at radius 2 is 1.71 bits per heavy atom. The molecule has 3 aromatic rings. The van der Waals surface area contributed by atoms with E-state index in [1.165, 1.54) is 18.4 Å². The summed E-state index contributed by atoms with van der Waals surface area (Å²) in [6.45, 7) is 2.54. The SMILES string of the molecule is Cc1ccccc1C(=O)Nc1ccc(C(=O)N2CCCC(NC3CC3)c3ccccc32)c(Cl)c1. The van der Waals surface area contributed by atoms with Crippen LogP contribution in [0.4, 0.5) is 11.4 Å². The van der Waals surface area contributed by atoms with Gasteiger partial charge in [-0.3, -0.25) is 9.59 Å². The fraction of sp³-hybridized carbons (Fsp3) is 0.286. The lowest BCUT2D eigenvalue weighted by molar-refractivity contribution is 0.0986. The minimum absolute atomic E-state index is 0.124. The summed E-state index contributed by atoms with van der Waals surface area (Å²) in [5.74, 6) is -0.329. The Morgan fingerprint density at radius 1 is 0.941 bits per heavy atom. The number of amides is 2. The highest BCUT2D eigenvalue weighted by Crippen LogP contribution is 2.36. The van der Waals surface area contributed by atoms with Crippen molar-refractivity contribution < 1.29 is 9.59 Å². The molecule has 1 aliphatic heterocycles. The minimum atomic E-state index is -0.205. The second kappa shape index (κ2) is 9.61. The Labute approximate surface area is 205 Å². The van der Waals surface area contributed by atoms with Gasteiger partial charge in [-0.25, -0.2) is 0 Å². The molecule has 1 atom stereocenters. The third-order valence-electron chi connectivity index (χ3n) is 6.58. The summed E-state index contributed by atoms with van der Waals surface area (Å²) < 4.78 is 0. The van der Waals surface area contributed by atoms with Crippen LogP contribution in [0, 0.1) is 6.92 Å². The number of nitrogens with one attached hydrogen (secondary N) is 2. The number of carbonyl (C=O) groups is 2. The number of carbonyl (C=O) groups excluding carboxylic acids is 2. The van der Waals surface area contributed by atoms with Crippen molar-refractivity contribution in [3.05, 3.63) is 94.0 Å². The van der Waals surface area contributed by atoms with Gasteiger partial charge in [-0.2, -0.15) is 0 Å². The van der Waals surface area contributed by atoms with Gasteiger partial charge in [0.25, 0.3) is 11.8 Å². The van der Waals surface area contributed by atoms with Crippen LogP contribution in [0.15, 0.2) is 66.7 Å². The van der Waals surface area contributed by atoms with Gasteiger partial charge in [-0.1, -0.05) is 48.0 Å². The maximum absolute atomic E-state index is 13.6. The van der Waals surface area contributed by atoms with Gasteiger partial charge >= 0.3 is 0 Å². The normalized spacial score (nSPS) is 17.6. The number of rotatable bonds is 5. The van der Waals surface area contributed by atoms with E-state index < -0.39 is 0 Å². The maximum Gasteiger partial charge on any atom is 0.259 e. The summed E-state index contributed by atoms with van der Waals surface area (Å²) in [5, 5.41) is 6.94. The molecule has 6 heteroatoms. The molecule has 2 N–H and O–H groups in total. The maximum atomic E-state index is 13.6. The molecule has 2 aliphatic rings. The average molecular weight is 474 g/mol. The van der Waals surface area contributed by atoms with Crippen molar-refractivity contribution in [2.75, 3.05) is 16.8 Å². The van der Waals surface area contributed by atoms with Crippen LogP contribution in [0.25, 0.3) is 0 Å². The fourth-order valence-electron chi connectivity index (χ4n) is 4.61. The molecule has 1 saturated carbocycles. The molecule has 0 spiro atoms. The second-order valence-corrected chi connectivity index (χ2v) is 9.52. The van der Waals surface area contributed by atoms with Gasteiger partial charge in [0.2, 0.25) is 0 Å². The van der Waals surface area contributed by atoms with Crippen LogP contribution in [-0.2, 0) is 0 Å². The molecule has 2 amide bonds. The number of anilines is 2. The number of aryl methyl sites for hydroxylation is 1. The molecule has 0 saturated heterocycles. The lowest BCUT2D eigenvalue weighted by Gasteiger charge is -2.25. The molecule has 174 valence electrons. The largest absolute Gasteiger partial charge is 0.322 e. The van der Waals surface area contributed by atoms with E-state index in [4.69, 9.17) is 11.6 Å². The predicted molar refractivity (Wildman–Crippen MR) is 137 cm³/mol. The predicted octanol–water partition coefficient (Wildman–Crippen LogP) is 6.13. The Hall–Kier alpha value is -3.15. The third-order valence-corrected chi connectivity index (χ3v) is 6.90. The number of nitrogens with zero attached hydrogens (tertiary/aromatic N) is 1. The summed E-state index contributed by atoms with van der Waals surface area (Å²) in [5.41, 5.74) is 4.59. The van der Waals surface area contributed by atoms with E-state index in [9.17, 15) is 9.59 Å². The first-order chi connectivity index (χ1) is 16.5. The van der Waals surface area contributed by atoms with Crippen LogP contribution in [0.2, 0.25) is 5.02 Å². The number of fused-ring (bicyclic) bond motifs is 1. The molecule has 1 unspecified atom stereocenters. The zero-order valence-corrected chi connectivity index (χ0v) is 19.9. The number of hydrogen-bond acceptors (Lipinski definition) is 3. The molecule has 0 bridgehead atoms. The van der Waals surface area contributed by atoms with Crippen molar-refractivity contribution in [3.63, 3.8) is 0 Å². The molecule has 1 heterocycles. The molecule has 34 heavy (non-hydrogen) atoms. The summed E-state index contributed by atoms with van der Waals surface area (Å²) >= 11 is 6.57. The van der Waals surface area contributed by atoms with E-state index in [2.05, 4.69) is 16.7 Å². The molecular weight excluding hydrogens is 446 g/mol. The minimum Gasteiger partial charge on any atom is -0.322 e. The lowest BCUT2D eigenvalue weighted by Crippen LogP contribution is -2.32. The quantitative estimate of drug-likeness (QED) is 0.468. The van der Waals surface area contributed by atoms with Gasteiger partial charge in [-0.15, -0.1) is 0 Å². The smallest absolute Gasteiger partial charge is 0.259 e. The first kappa shape index (κ1) is 22.6. The van der Waals surface area contributed by atoms with Gasteiger partial charge in [0, 0.05) is 35.6 Å². The molecule has 0 aromatic heterocycles. The molecule has 1 aliphatic carbocycles. The molecule has 1 fully saturated rings. The molecule has 5 nitrogen and oxygen atoms in total. The molecular formula is C28H28ClN3O2. The highest BCUT2D eigenvalue weighted by Gasteiger charge is 2.31. The van der Waals surface area contributed by atoms with E-state index in [1.54, 1.807) is 24.3 Å². The number of benzene rings is 3. The van der Waals surface area contributed by atoms with Crippen LogP contribution < -0.4 is 15.5 Å². The van der Waals surface area contributed by atoms with Crippen LogP contribution in [-0.4, -0.2) is 24.4 Å². The summed E-state index contributed by atoms with van der Waals surface area (Å²) in [4.78, 5) is 28.1. The van der Waals surface area contributed by atoms with Crippen molar-refractivity contribution in [2.45, 2.75) is 44.7 Å². The van der Waals surface area contributed by atoms with Gasteiger partial charge in [0.05, 0.1) is 10.6 Å². The van der Waals surface area contributed by atoms with E-state index in [0.29, 0.717) is 34.4 Å². The highest BCUT2D eigenvalue weighted by molar-refractivity contribution is 6.35. The Bertz CT molecular complexity index is 1240. The Morgan fingerprint density at radius 3 is 2.47 bits per heavy atom. The monoisotopic (exact) mass is 473 g/mol. The van der Waals surface area contributed by atoms with E-state index in [-0.39, 0.29) is 17.9 Å². The van der Waals surface area contributed by atoms with Crippen molar-refractivity contribution in [1.82, 2.24) is 5.32 Å². The number of hydrogen-bond donors (Lipinski definition) is 2. The lowest BCUT2D eigenvalue weighted by atomic mass is 10.0. The first-order valence-electron chi connectivity index (χ1n) is 11.8. The van der Waals surface area contributed by atoms with Crippen molar-refractivity contribution >= 4 is 34.8 Å². The summed E-state index contributed by atoms with van der Waals surface area (Å²) in [6, 6.07) is 21.5. The van der Waals surface area contributed by atoms with E-state index >= 15 is 0 Å². The van der Waals surface area contributed by atoms with Gasteiger partial charge < -0.3 is 15.5 Å². The fourth-order valence-corrected chi connectivity index (χ4v) is 4.88. The first-order valence-corrected chi connectivity index (χ1v) is 12.2.